The van der Waals surface area contributed by atoms with Crippen LogP contribution in [0.2, 0.25) is 5.02 Å². The van der Waals surface area contributed by atoms with Crippen LogP contribution in [0.15, 0.2) is 48.5 Å². The number of carbonyl (C=O) groups excluding carboxylic acids is 1. The minimum Gasteiger partial charge on any atom is -0.497 e. The number of ether oxygens (including phenoxy) is 2. The molecule has 0 aliphatic carbocycles. The number of aromatic nitrogens is 2. The van der Waals surface area contributed by atoms with Gasteiger partial charge in [0.05, 0.1) is 19.9 Å². The van der Waals surface area contributed by atoms with E-state index in [2.05, 4.69) is 31.2 Å². The molecule has 2 aromatic carbocycles. The lowest BCUT2D eigenvalue weighted by Gasteiger charge is -2.13. The van der Waals surface area contributed by atoms with Gasteiger partial charge in [-0.2, -0.15) is 0 Å². The van der Waals surface area contributed by atoms with E-state index in [0.717, 1.165) is 11.4 Å². The van der Waals surface area contributed by atoms with Crippen molar-refractivity contribution in [3.63, 3.8) is 0 Å². The lowest BCUT2D eigenvalue weighted by atomic mass is 10.3. The van der Waals surface area contributed by atoms with Crippen molar-refractivity contribution < 1.29 is 14.3 Å². The first-order chi connectivity index (χ1) is 15.5. The summed E-state index contributed by atoms with van der Waals surface area (Å²) in [6, 6.07) is 14.0. The second kappa shape index (κ2) is 11.1. The molecule has 2 amide bonds. The average Bonchev–Trinajstić information content (AvgIpc) is 2.77. The van der Waals surface area contributed by atoms with E-state index >= 15 is 0 Å². The Morgan fingerprint density at radius 3 is 2.44 bits per heavy atom. The molecule has 0 aliphatic rings. The fourth-order valence-corrected chi connectivity index (χ4v) is 3.03. The Morgan fingerprint density at radius 1 is 0.969 bits per heavy atom. The van der Waals surface area contributed by atoms with Crippen molar-refractivity contribution >= 4 is 40.6 Å². The first kappa shape index (κ1) is 23.0. The summed E-state index contributed by atoms with van der Waals surface area (Å²) in [4.78, 5) is 20.9. The van der Waals surface area contributed by atoms with Gasteiger partial charge in [-0.05, 0) is 49.4 Å². The number of halogens is 1. The number of hydrogen-bond acceptors (Lipinski definition) is 7. The van der Waals surface area contributed by atoms with Gasteiger partial charge in [-0.3, -0.25) is 0 Å². The van der Waals surface area contributed by atoms with Crippen molar-refractivity contribution in [3.8, 4) is 11.5 Å². The maximum atomic E-state index is 12.2. The molecular formula is C22H25ClN6O3. The Bertz CT molecular complexity index is 1060. The van der Waals surface area contributed by atoms with Crippen LogP contribution >= 0.6 is 11.6 Å². The molecule has 0 saturated carbocycles. The van der Waals surface area contributed by atoms with E-state index in [1.165, 1.54) is 7.11 Å². The molecule has 0 saturated heterocycles. The van der Waals surface area contributed by atoms with E-state index in [4.69, 9.17) is 21.1 Å². The van der Waals surface area contributed by atoms with E-state index in [9.17, 15) is 4.79 Å². The summed E-state index contributed by atoms with van der Waals surface area (Å²) in [6.45, 7) is 2.66. The van der Waals surface area contributed by atoms with Crippen LogP contribution in [0.25, 0.3) is 0 Å². The maximum absolute atomic E-state index is 12.2. The quantitative estimate of drug-likeness (QED) is 0.352. The second-order valence-corrected chi connectivity index (χ2v) is 7.13. The number of nitrogens with zero attached hydrogens (tertiary/aromatic N) is 2. The lowest BCUT2D eigenvalue weighted by Crippen LogP contribution is -2.32. The van der Waals surface area contributed by atoms with Crippen molar-refractivity contribution in [3.05, 3.63) is 59.4 Å². The third-order valence-electron chi connectivity index (χ3n) is 4.33. The van der Waals surface area contributed by atoms with Crippen LogP contribution in [-0.2, 0) is 0 Å². The van der Waals surface area contributed by atoms with Gasteiger partial charge in [-0.1, -0.05) is 11.6 Å². The van der Waals surface area contributed by atoms with Gasteiger partial charge in [0, 0.05) is 29.9 Å². The average molecular weight is 457 g/mol. The first-order valence-corrected chi connectivity index (χ1v) is 10.2. The molecule has 0 spiro atoms. The predicted octanol–water partition coefficient (Wildman–Crippen LogP) is 4.43. The Morgan fingerprint density at radius 2 is 1.72 bits per heavy atom. The van der Waals surface area contributed by atoms with Gasteiger partial charge in [0.25, 0.3) is 0 Å². The van der Waals surface area contributed by atoms with Gasteiger partial charge in [-0.25, -0.2) is 14.8 Å². The van der Waals surface area contributed by atoms with Crippen molar-refractivity contribution in [2.75, 3.05) is 43.3 Å². The molecule has 32 heavy (non-hydrogen) atoms. The number of aryl methyl sites for hydroxylation is 1. The molecule has 9 nitrogen and oxygen atoms in total. The first-order valence-electron chi connectivity index (χ1n) is 9.86. The van der Waals surface area contributed by atoms with Crippen LogP contribution in [0, 0.1) is 6.92 Å². The molecule has 0 bridgehead atoms. The van der Waals surface area contributed by atoms with Crippen molar-refractivity contribution in [2.45, 2.75) is 6.92 Å². The molecule has 10 heteroatoms. The smallest absolute Gasteiger partial charge is 0.319 e. The zero-order valence-corrected chi connectivity index (χ0v) is 18.8. The third kappa shape index (κ3) is 6.64. The summed E-state index contributed by atoms with van der Waals surface area (Å²) in [6.07, 6.45) is 0. The molecule has 1 aromatic heterocycles. The SMILES string of the molecule is COc1ccc(Nc2cc(NCCNC(=O)Nc3cc(Cl)ccc3OC)nc(C)n2)cc1. The highest BCUT2D eigenvalue weighted by Crippen LogP contribution is 2.27. The molecule has 0 radical (unpaired) electrons. The molecule has 168 valence electrons. The Labute approximate surface area is 191 Å². The molecule has 1 heterocycles. The van der Waals surface area contributed by atoms with E-state index in [-0.39, 0.29) is 6.03 Å². The maximum Gasteiger partial charge on any atom is 0.319 e. The molecule has 0 atom stereocenters. The number of urea groups is 1. The summed E-state index contributed by atoms with van der Waals surface area (Å²) in [5.74, 6) is 3.22. The lowest BCUT2D eigenvalue weighted by molar-refractivity contribution is 0.252. The van der Waals surface area contributed by atoms with Gasteiger partial charge in [0.1, 0.15) is 29.0 Å². The molecule has 0 aliphatic heterocycles. The Hall–Kier alpha value is -3.72. The van der Waals surface area contributed by atoms with Gasteiger partial charge in [0.2, 0.25) is 0 Å². The van der Waals surface area contributed by atoms with Crippen LogP contribution in [0.5, 0.6) is 11.5 Å². The number of hydrogen-bond donors (Lipinski definition) is 4. The van der Waals surface area contributed by atoms with Crippen molar-refractivity contribution in [1.82, 2.24) is 15.3 Å². The van der Waals surface area contributed by atoms with Gasteiger partial charge >= 0.3 is 6.03 Å². The Kier molecular flexibility index (Phi) is 7.93. The van der Waals surface area contributed by atoms with Gasteiger partial charge in [-0.15, -0.1) is 0 Å². The second-order valence-electron chi connectivity index (χ2n) is 6.69. The summed E-state index contributed by atoms with van der Waals surface area (Å²) in [5.41, 5.74) is 1.37. The van der Waals surface area contributed by atoms with Gasteiger partial charge < -0.3 is 30.7 Å². The van der Waals surface area contributed by atoms with E-state index in [0.29, 0.717) is 47.0 Å². The fourth-order valence-electron chi connectivity index (χ4n) is 2.86. The number of anilines is 4. The summed E-state index contributed by atoms with van der Waals surface area (Å²) in [5, 5.41) is 12.4. The number of methoxy groups -OCH3 is 2. The molecule has 0 unspecified atom stereocenters. The normalized spacial score (nSPS) is 10.2. The largest absolute Gasteiger partial charge is 0.497 e. The highest BCUT2D eigenvalue weighted by Gasteiger charge is 2.08. The fraction of sp³-hybridized carbons (Fsp3) is 0.227. The number of carbonyl (C=O) groups is 1. The predicted molar refractivity (Wildman–Crippen MR) is 127 cm³/mol. The van der Waals surface area contributed by atoms with Crippen LogP contribution in [0.3, 0.4) is 0 Å². The van der Waals surface area contributed by atoms with E-state index in [1.807, 2.05) is 31.2 Å². The number of amides is 2. The minimum absolute atomic E-state index is 0.368. The van der Waals surface area contributed by atoms with Crippen LogP contribution in [0.1, 0.15) is 5.82 Å². The highest BCUT2D eigenvalue weighted by atomic mass is 35.5. The summed E-state index contributed by atoms with van der Waals surface area (Å²) < 4.78 is 10.4. The van der Waals surface area contributed by atoms with E-state index < -0.39 is 0 Å². The van der Waals surface area contributed by atoms with E-state index in [1.54, 1.807) is 31.4 Å². The molecular weight excluding hydrogens is 432 g/mol. The van der Waals surface area contributed by atoms with Crippen LogP contribution < -0.4 is 30.7 Å². The van der Waals surface area contributed by atoms with Crippen molar-refractivity contribution in [1.29, 1.82) is 0 Å². The highest BCUT2D eigenvalue weighted by molar-refractivity contribution is 6.31. The molecule has 4 N–H and O–H groups in total. The number of rotatable bonds is 9. The molecule has 0 fully saturated rings. The van der Waals surface area contributed by atoms with Crippen LogP contribution in [-0.4, -0.2) is 43.3 Å². The zero-order valence-electron chi connectivity index (χ0n) is 18.0. The monoisotopic (exact) mass is 456 g/mol. The summed E-state index contributed by atoms with van der Waals surface area (Å²) in [7, 11) is 3.15. The molecule has 3 aromatic rings. The number of nitrogens with one attached hydrogen (secondary N) is 4. The van der Waals surface area contributed by atoms with Crippen molar-refractivity contribution in [2.24, 2.45) is 0 Å². The zero-order chi connectivity index (χ0) is 22.9. The molecule has 3 rings (SSSR count). The number of benzene rings is 2. The van der Waals surface area contributed by atoms with Crippen LogP contribution in [0.4, 0.5) is 27.8 Å². The standard InChI is InChI=1S/C22H25ClN6O3/c1-14-26-20(13-21(27-14)28-16-5-7-17(31-2)8-6-16)24-10-11-25-22(30)29-18-12-15(23)4-9-19(18)32-3/h4-9,12-13H,10-11H2,1-3H3,(H2,25,29,30)(H2,24,26,27,28). The topological polar surface area (TPSA) is 109 Å². The summed E-state index contributed by atoms with van der Waals surface area (Å²) >= 11 is 5.98. The minimum atomic E-state index is -0.368. The Balaban J connectivity index is 1.50. The van der Waals surface area contributed by atoms with Gasteiger partial charge in [0.15, 0.2) is 0 Å². The third-order valence-corrected chi connectivity index (χ3v) is 4.56.